The van der Waals surface area contributed by atoms with Gasteiger partial charge in [0.1, 0.15) is 16.4 Å². The molecule has 4 heterocycles. The summed E-state index contributed by atoms with van der Waals surface area (Å²) in [6.45, 7) is 0. The van der Waals surface area contributed by atoms with E-state index < -0.39 is 11.8 Å². The summed E-state index contributed by atoms with van der Waals surface area (Å²) in [5.74, 6) is -0.192. The molecule has 1 aliphatic rings. The van der Waals surface area contributed by atoms with Crippen LogP contribution in [0.3, 0.4) is 0 Å². The van der Waals surface area contributed by atoms with E-state index in [0.29, 0.717) is 0 Å². The summed E-state index contributed by atoms with van der Waals surface area (Å²) in [7, 11) is 1.53. The second-order valence-electron chi connectivity index (χ2n) is 6.09. The number of thiocarbonyl (C=S) groups is 1. The Morgan fingerprint density at radius 1 is 1.14 bits per heavy atom. The molecule has 3 aromatic rings. The Morgan fingerprint density at radius 2 is 2.00 bits per heavy atom. The van der Waals surface area contributed by atoms with E-state index in [2.05, 4.69) is 15.3 Å². The molecule has 0 atom stereocenters. The van der Waals surface area contributed by atoms with E-state index in [1.165, 1.54) is 23.3 Å². The lowest BCUT2D eigenvalue weighted by Gasteiger charge is -2.24. The van der Waals surface area contributed by atoms with Gasteiger partial charge < -0.3 is 0 Å². The van der Waals surface area contributed by atoms with Gasteiger partial charge in [-0.15, -0.1) is 11.3 Å². The highest BCUT2D eigenvalue weighted by Gasteiger charge is 2.31. The number of carbonyl (C=O) groups excluding carboxylic acids is 2. The maximum atomic E-state index is 12.4. The molecule has 0 aromatic carbocycles. The van der Waals surface area contributed by atoms with Crippen molar-refractivity contribution in [2.24, 2.45) is 0 Å². The molecule has 0 radical (unpaired) electrons. The van der Waals surface area contributed by atoms with Crippen LogP contribution in [0, 0.1) is 0 Å². The first kappa shape index (κ1) is 18.9. The Bertz CT molecular complexity index is 1070. The molecule has 3 aromatic heterocycles. The number of anilines is 3. The lowest BCUT2D eigenvalue weighted by atomic mass is 10.1. The van der Waals surface area contributed by atoms with Crippen LogP contribution in [0.2, 0.25) is 0 Å². The van der Waals surface area contributed by atoms with Gasteiger partial charge in [0.25, 0.3) is 11.8 Å². The number of amides is 2. The fourth-order valence-electron chi connectivity index (χ4n) is 2.77. The zero-order valence-electron chi connectivity index (χ0n) is 15.3. The first-order valence-electron chi connectivity index (χ1n) is 8.60. The highest BCUT2D eigenvalue weighted by molar-refractivity contribution is 7.80. The topological polar surface area (TPSA) is 78.4 Å². The van der Waals surface area contributed by atoms with E-state index in [1.807, 2.05) is 47.4 Å². The molecular weight excluding hydrogens is 406 g/mol. The van der Waals surface area contributed by atoms with Crippen LogP contribution in [0.25, 0.3) is 6.08 Å². The van der Waals surface area contributed by atoms with Crippen LogP contribution in [-0.4, -0.2) is 38.8 Å². The molecule has 0 aliphatic carbocycles. The second kappa shape index (κ2) is 7.90. The number of pyridine rings is 2. The van der Waals surface area contributed by atoms with E-state index in [-0.39, 0.29) is 10.7 Å². The minimum absolute atomic E-state index is 0.0419. The van der Waals surface area contributed by atoms with E-state index in [1.54, 1.807) is 24.7 Å². The predicted molar refractivity (Wildman–Crippen MR) is 116 cm³/mol. The lowest BCUT2D eigenvalue weighted by molar-refractivity contribution is -0.128. The number of aromatic nitrogens is 2. The van der Waals surface area contributed by atoms with Crippen molar-refractivity contribution in [1.82, 2.24) is 20.2 Å². The minimum atomic E-state index is -0.498. The number of thiophene rings is 1. The summed E-state index contributed by atoms with van der Waals surface area (Å²) >= 11 is 6.40. The van der Waals surface area contributed by atoms with Crippen LogP contribution in [0.5, 0.6) is 0 Å². The third-order valence-electron chi connectivity index (χ3n) is 4.21. The Kier molecular flexibility index (Phi) is 5.15. The van der Waals surface area contributed by atoms with Crippen molar-refractivity contribution in [3.8, 4) is 0 Å². The van der Waals surface area contributed by atoms with Gasteiger partial charge in [-0.25, -0.2) is 4.98 Å². The van der Waals surface area contributed by atoms with Crippen molar-refractivity contribution in [3.63, 3.8) is 0 Å². The third kappa shape index (κ3) is 3.78. The van der Waals surface area contributed by atoms with Gasteiger partial charge in [0, 0.05) is 24.3 Å². The predicted octanol–water partition coefficient (Wildman–Crippen LogP) is 3.26. The molecule has 1 saturated heterocycles. The third-order valence-corrected chi connectivity index (χ3v) is 5.60. The fraction of sp³-hybridized carbons (Fsp3) is 0.0500. The van der Waals surface area contributed by atoms with Crippen molar-refractivity contribution >= 4 is 63.1 Å². The van der Waals surface area contributed by atoms with Gasteiger partial charge in [-0.1, -0.05) is 6.07 Å². The van der Waals surface area contributed by atoms with Gasteiger partial charge in [0.2, 0.25) is 0 Å². The molecule has 1 fully saturated rings. The molecule has 0 spiro atoms. The van der Waals surface area contributed by atoms with E-state index >= 15 is 0 Å². The van der Waals surface area contributed by atoms with Crippen LogP contribution < -0.4 is 10.2 Å². The molecule has 7 nitrogen and oxygen atoms in total. The standard InChI is InChI=1S/C20H15N5O2S2/c1-24-19(27)15(18(26)23-20(24)28)11-14-7-8-17(29-14)25(13-5-4-9-21-12-13)16-6-2-3-10-22-16/h2-12H,1H3,(H,23,26,28)/b15-11+. The van der Waals surface area contributed by atoms with Gasteiger partial charge in [0.05, 0.1) is 11.9 Å². The van der Waals surface area contributed by atoms with E-state index in [9.17, 15) is 9.59 Å². The van der Waals surface area contributed by atoms with E-state index in [4.69, 9.17) is 12.2 Å². The number of carbonyl (C=O) groups is 2. The first-order valence-corrected chi connectivity index (χ1v) is 9.83. The van der Waals surface area contributed by atoms with Crippen LogP contribution in [0.4, 0.5) is 16.5 Å². The second-order valence-corrected chi connectivity index (χ2v) is 7.57. The number of hydrogen-bond donors (Lipinski definition) is 1. The first-order chi connectivity index (χ1) is 14.0. The van der Waals surface area contributed by atoms with Gasteiger partial charge in [-0.3, -0.25) is 29.7 Å². The number of nitrogens with zero attached hydrogens (tertiary/aromatic N) is 4. The van der Waals surface area contributed by atoms with Gasteiger partial charge >= 0.3 is 0 Å². The summed E-state index contributed by atoms with van der Waals surface area (Å²) < 4.78 is 0. The highest BCUT2D eigenvalue weighted by atomic mass is 32.1. The number of rotatable bonds is 4. The molecule has 1 aliphatic heterocycles. The Balaban J connectivity index is 1.72. The molecule has 0 bridgehead atoms. The Morgan fingerprint density at radius 3 is 2.72 bits per heavy atom. The van der Waals surface area contributed by atoms with Crippen molar-refractivity contribution < 1.29 is 9.59 Å². The zero-order chi connectivity index (χ0) is 20.4. The summed E-state index contributed by atoms with van der Waals surface area (Å²) in [5.41, 5.74) is 0.893. The van der Waals surface area contributed by atoms with Crippen LogP contribution in [0.15, 0.2) is 66.6 Å². The maximum Gasteiger partial charge on any atom is 0.265 e. The van der Waals surface area contributed by atoms with Crippen LogP contribution >= 0.6 is 23.6 Å². The normalized spacial score (nSPS) is 15.6. The number of likely N-dealkylation sites (N-methyl/N-ethyl adjacent to an activating group) is 1. The smallest absolute Gasteiger partial charge is 0.265 e. The van der Waals surface area contributed by atoms with Gasteiger partial charge in [-0.05, 0) is 54.7 Å². The van der Waals surface area contributed by atoms with Crippen molar-refractivity contribution in [2.75, 3.05) is 11.9 Å². The largest absolute Gasteiger partial charge is 0.298 e. The Labute approximate surface area is 176 Å². The minimum Gasteiger partial charge on any atom is -0.298 e. The summed E-state index contributed by atoms with van der Waals surface area (Å²) in [6, 6.07) is 13.2. The molecule has 2 amide bonds. The summed E-state index contributed by atoms with van der Waals surface area (Å²) in [4.78, 5) is 37.2. The molecule has 144 valence electrons. The number of nitrogens with one attached hydrogen (secondary N) is 1. The quantitative estimate of drug-likeness (QED) is 0.396. The lowest BCUT2D eigenvalue weighted by Crippen LogP contribution is -2.52. The van der Waals surface area contributed by atoms with Crippen molar-refractivity contribution in [3.05, 3.63) is 71.5 Å². The van der Waals surface area contributed by atoms with E-state index in [0.717, 1.165) is 21.4 Å². The zero-order valence-corrected chi connectivity index (χ0v) is 16.9. The molecule has 4 rings (SSSR count). The summed E-state index contributed by atoms with van der Waals surface area (Å²) in [6.07, 6.45) is 6.75. The average Bonchev–Trinajstić information content (AvgIpc) is 3.19. The highest BCUT2D eigenvalue weighted by Crippen LogP contribution is 2.38. The monoisotopic (exact) mass is 421 g/mol. The molecule has 0 unspecified atom stereocenters. The molecule has 9 heteroatoms. The van der Waals surface area contributed by atoms with Crippen molar-refractivity contribution in [1.29, 1.82) is 0 Å². The van der Waals surface area contributed by atoms with Gasteiger partial charge in [0.15, 0.2) is 5.11 Å². The van der Waals surface area contributed by atoms with Crippen molar-refractivity contribution in [2.45, 2.75) is 0 Å². The average molecular weight is 422 g/mol. The molecule has 29 heavy (non-hydrogen) atoms. The molecule has 0 saturated carbocycles. The molecule has 1 N–H and O–H groups in total. The number of hydrogen-bond acceptors (Lipinski definition) is 7. The Hall–Kier alpha value is -3.43. The maximum absolute atomic E-state index is 12.4. The van der Waals surface area contributed by atoms with Crippen LogP contribution in [-0.2, 0) is 9.59 Å². The van der Waals surface area contributed by atoms with Gasteiger partial charge in [-0.2, -0.15) is 0 Å². The SMILES string of the molecule is CN1C(=O)/C(=C/c2ccc(N(c3cccnc3)c3ccccn3)s2)C(=O)NC1=S. The molecular formula is C20H15N5O2S2. The fourth-order valence-corrected chi connectivity index (χ4v) is 3.93. The summed E-state index contributed by atoms with van der Waals surface area (Å²) in [5, 5.41) is 3.49. The van der Waals surface area contributed by atoms with Crippen LogP contribution in [0.1, 0.15) is 4.88 Å².